The maximum absolute atomic E-state index is 13.8. The fraction of sp³-hybridized carbons (Fsp3) is 0.214. The number of hydrogen-bond donors (Lipinski definition) is 0. The van der Waals surface area contributed by atoms with Gasteiger partial charge >= 0.3 is 0 Å². The third-order valence-electron chi connectivity index (χ3n) is 6.07. The van der Waals surface area contributed by atoms with Crippen LogP contribution in [0.3, 0.4) is 0 Å². The van der Waals surface area contributed by atoms with Crippen LogP contribution in [0.2, 0.25) is 5.02 Å². The zero-order valence-corrected chi connectivity index (χ0v) is 20.8. The number of ether oxygens (including phenoxy) is 3. The van der Waals surface area contributed by atoms with Gasteiger partial charge in [0.1, 0.15) is 11.3 Å². The normalized spacial score (nSPS) is 14.7. The lowest BCUT2D eigenvalue weighted by molar-refractivity contribution is 0.0971. The van der Waals surface area contributed by atoms with E-state index in [2.05, 4.69) is 0 Å². The smallest absolute Gasteiger partial charge is 0.295 e. The number of nitrogens with zero attached hydrogens (tertiary/aromatic N) is 1. The first-order chi connectivity index (χ1) is 17.5. The molecule has 0 aliphatic carbocycles. The van der Waals surface area contributed by atoms with Gasteiger partial charge in [0.2, 0.25) is 5.76 Å². The van der Waals surface area contributed by atoms with Crippen molar-refractivity contribution in [3.8, 4) is 17.2 Å². The van der Waals surface area contributed by atoms with Gasteiger partial charge in [-0.3, -0.25) is 14.5 Å². The predicted octanol–water partition coefficient (Wildman–Crippen LogP) is 6.00. The Morgan fingerprint density at radius 3 is 2.36 bits per heavy atom. The van der Waals surface area contributed by atoms with Crippen LogP contribution in [-0.4, -0.2) is 26.2 Å². The summed E-state index contributed by atoms with van der Waals surface area (Å²) in [6.45, 7) is 4.66. The zero-order valence-electron chi connectivity index (χ0n) is 20.0. The molecule has 4 aromatic rings. The van der Waals surface area contributed by atoms with E-state index in [4.69, 9.17) is 30.2 Å². The van der Waals surface area contributed by atoms with E-state index in [0.717, 1.165) is 0 Å². The summed E-state index contributed by atoms with van der Waals surface area (Å²) in [6, 6.07) is 16.6. The van der Waals surface area contributed by atoms with Crippen LogP contribution in [0.15, 0.2) is 69.9 Å². The fourth-order valence-electron chi connectivity index (χ4n) is 4.54. The van der Waals surface area contributed by atoms with Crippen LogP contribution in [0.1, 0.15) is 41.6 Å². The highest BCUT2D eigenvalue weighted by Gasteiger charge is 2.44. The molecule has 184 valence electrons. The summed E-state index contributed by atoms with van der Waals surface area (Å²) in [7, 11) is 1.52. The van der Waals surface area contributed by atoms with Gasteiger partial charge in [0.15, 0.2) is 16.9 Å². The predicted molar refractivity (Wildman–Crippen MR) is 138 cm³/mol. The van der Waals surface area contributed by atoms with Gasteiger partial charge in [-0.2, -0.15) is 0 Å². The first kappa shape index (κ1) is 23.8. The molecule has 1 atom stereocenters. The Labute approximate surface area is 212 Å². The molecule has 1 aromatic heterocycles. The molecule has 36 heavy (non-hydrogen) atoms. The van der Waals surface area contributed by atoms with Gasteiger partial charge < -0.3 is 18.6 Å². The number of methoxy groups -OCH3 is 1. The number of carbonyl (C=O) groups excluding carboxylic acids is 1. The minimum atomic E-state index is -0.771. The number of para-hydroxylation sites is 1. The molecule has 0 fully saturated rings. The Bertz CT molecular complexity index is 1530. The van der Waals surface area contributed by atoms with Crippen LogP contribution in [0.5, 0.6) is 17.2 Å². The van der Waals surface area contributed by atoms with Gasteiger partial charge in [-0.1, -0.05) is 29.8 Å². The van der Waals surface area contributed by atoms with Crippen LogP contribution in [-0.2, 0) is 0 Å². The van der Waals surface area contributed by atoms with Gasteiger partial charge in [0.05, 0.1) is 42.3 Å². The average Bonchev–Trinajstić information content (AvgIpc) is 3.18. The third kappa shape index (κ3) is 3.85. The van der Waals surface area contributed by atoms with Crippen LogP contribution < -0.4 is 24.5 Å². The largest absolute Gasteiger partial charge is 0.495 e. The summed E-state index contributed by atoms with van der Waals surface area (Å²) >= 11 is 6.41. The summed E-state index contributed by atoms with van der Waals surface area (Å²) in [5, 5.41) is 0.739. The van der Waals surface area contributed by atoms with Crippen molar-refractivity contribution in [2.45, 2.75) is 19.9 Å². The van der Waals surface area contributed by atoms with Crippen molar-refractivity contribution in [2.75, 3.05) is 25.2 Å². The van der Waals surface area contributed by atoms with Gasteiger partial charge in [-0.05, 0) is 61.9 Å². The molecule has 1 unspecified atom stereocenters. The SMILES string of the molecule is CCOc1ccc(C2c3c(oc4ccccc4c3=O)C(=O)N2c2ccc(OC)c(Cl)c2)cc1OCC. The number of hydrogen-bond acceptors (Lipinski definition) is 6. The number of rotatable bonds is 7. The van der Waals surface area contributed by atoms with Gasteiger partial charge in [0.25, 0.3) is 5.91 Å². The molecule has 7 nitrogen and oxygen atoms in total. The summed E-state index contributed by atoms with van der Waals surface area (Å²) in [6.07, 6.45) is 0. The molecule has 0 saturated carbocycles. The first-order valence-electron chi connectivity index (χ1n) is 11.6. The molecule has 0 bridgehead atoms. The molecule has 1 aliphatic rings. The lowest BCUT2D eigenvalue weighted by atomic mass is 9.97. The number of fused-ring (bicyclic) bond motifs is 2. The average molecular weight is 506 g/mol. The lowest BCUT2D eigenvalue weighted by Crippen LogP contribution is -2.29. The number of benzene rings is 3. The van der Waals surface area contributed by atoms with Crippen LogP contribution >= 0.6 is 11.6 Å². The summed E-state index contributed by atoms with van der Waals surface area (Å²) in [5.74, 6) is 1.14. The molecule has 0 radical (unpaired) electrons. The number of amides is 1. The summed E-state index contributed by atoms with van der Waals surface area (Å²) < 4.78 is 22.8. The third-order valence-corrected chi connectivity index (χ3v) is 6.37. The maximum atomic E-state index is 13.8. The van der Waals surface area contributed by atoms with E-state index in [1.807, 2.05) is 19.9 Å². The second kappa shape index (κ2) is 9.59. The highest BCUT2D eigenvalue weighted by atomic mass is 35.5. The fourth-order valence-corrected chi connectivity index (χ4v) is 4.80. The van der Waals surface area contributed by atoms with Crippen molar-refractivity contribution >= 4 is 34.2 Å². The molecule has 1 amide bonds. The molecule has 5 rings (SSSR count). The van der Waals surface area contributed by atoms with Crippen LogP contribution in [0.25, 0.3) is 11.0 Å². The van der Waals surface area contributed by atoms with E-state index in [9.17, 15) is 9.59 Å². The first-order valence-corrected chi connectivity index (χ1v) is 12.0. The van der Waals surface area contributed by atoms with E-state index in [0.29, 0.717) is 57.7 Å². The highest BCUT2D eigenvalue weighted by Crippen LogP contribution is 2.44. The molecule has 0 N–H and O–H groups in total. The Balaban J connectivity index is 1.77. The van der Waals surface area contributed by atoms with Gasteiger partial charge in [-0.15, -0.1) is 0 Å². The van der Waals surface area contributed by atoms with E-state index >= 15 is 0 Å². The van der Waals surface area contributed by atoms with E-state index in [-0.39, 0.29) is 16.8 Å². The van der Waals surface area contributed by atoms with Crippen molar-refractivity contribution < 1.29 is 23.4 Å². The quantitative estimate of drug-likeness (QED) is 0.306. The zero-order chi connectivity index (χ0) is 25.4. The minimum Gasteiger partial charge on any atom is -0.495 e. The number of halogens is 1. The van der Waals surface area contributed by atoms with Crippen molar-refractivity contribution in [2.24, 2.45) is 0 Å². The Hall–Kier alpha value is -3.97. The van der Waals surface area contributed by atoms with E-state index in [1.165, 1.54) is 12.0 Å². The van der Waals surface area contributed by atoms with Crippen LogP contribution in [0, 0.1) is 0 Å². The second-order valence-electron chi connectivity index (χ2n) is 8.14. The molecule has 1 aliphatic heterocycles. The van der Waals surface area contributed by atoms with Gasteiger partial charge in [0, 0.05) is 5.69 Å². The Morgan fingerprint density at radius 2 is 1.64 bits per heavy atom. The molecular formula is C28H24ClNO6. The molecule has 3 aromatic carbocycles. The maximum Gasteiger partial charge on any atom is 0.295 e. The summed E-state index contributed by atoms with van der Waals surface area (Å²) in [5.41, 5.74) is 1.52. The molecular weight excluding hydrogens is 482 g/mol. The topological polar surface area (TPSA) is 78.2 Å². The van der Waals surface area contributed by atoms with Gasteiger partial charge in [-0.25, -0.2) is 0 Å². The Morgan fingerprint density at radius 1 is 0.917 bits per heavy atom. The number of carbonyl (C=O) groups is 1. The second-order valence-corrected chi connectivity index (χ2v) is 8.55. The van der Waals surface area contributed by atoms with Crippen molar-refractivity contribution in [1.29, 1.82) is 0 Å². The summed E-state index contributed by atoms with van der Waals surface area (Å²) in [4.78, 5) is 29.0. The lowest BCUT2D eigenvalue weighted by Gasteiger charge is -2.26. The minimum absolute atomic E-state index is 0.00230. The highest BCUT2D eigenvalue weighted by molar-refractivity contribution is 6.32. The monoisotopic (exact) mass is 505 g/mol. The van der Waals surface area contributed by atoms with Crippen LogP contribution in [0.4, 0.5) is 5.69 Å². The molecule has 0 saturated heterocycles. The van der Waals surface area contributed by atoms with E-state index < -0.39 is 11.9 Å². The molecule has 0 spiro atoms. The standard InChI is InChI=1S/C28H24ClNO6/c1-4-34-22-12-10-16(14-23(22)35-5-2)25-24-26(31)18-8-6-7-9-20(18)36-27(24)28(32)30(25)17-11-13-21(33-3)19(29)15-17/h6-15,25H,4-5H2,1-3H3. The number of anilines is 1. The van der Waals surface area contributed by atoms with E-state index in [1.54, 1.807) is 54.6 Å². The van der Waals surface area contributed by atoms with Crippen molar-refractivity contribution in [3.05, 3.63) is 92.8 Å². The Kier molecular flexibility index (Phi) is 6.33. The molecule has 2 heterocycles. The molecule has 8 heteroatoms. The van der Waals surface area contributed by atoms with Crippen molar-refractivity contribution in [3.63, 3.8) is 0 Å². The van der Waals surface area contributed by atoms with Crippen molar-refractivity contribution in [1.82, 2.24) is 0 Å².